The van der Waals surface area contributed by atoms with Gasteiger partial charge in [-0.15, -0.1) is 10.2 Å². The molecule has 1 aliphatic rings. The second-order valence-corrected chi connectivity index (χ2v) is 7.95. The molecule has 1 aromatic carbocycles. The van der Waals surface area contributed by atoms with Crippen molar-refractivity contribution in [3.8, 4) is 28.4 Å². The lowest BCUT2D eigenvalue weighted by atomic mass is 10.0. The zero-order chi connectivity index (χ0) is 23.7. The molecule has 1 N–H and O–H groups in total. The van der Waals surface area contributed by atoms with Crippen molar-refractivity contribution in [2.45, 2.75) is 25.8 Å². The molecule has 4 heterocycles. The fourth-order valence-electron chi connectivity index (χ4n) is 3.91. The smallest absolute Gasteiger partial charge is 0.260 e. The Morgan fingerprint density at radius 1 is 1.12 bits per heavy atom. The maximum atomic E-state index is 15.0. The highest BCUT2D eigenvalue weighted by Crippen LogP contribution is 2.32. The number of nitrogens with zero attached hydrogens (tertiary/aromatic N) is 5. The van der Waals surface area contributed by atoms with Crippen LogP contribution in [0, 0.1) is 11.6 Å². The number of fused-ring (bicyclic) bond motifs is 5. The molecule has 0 spiro atoms. The summed E-state index contributed by atoms with van der Waals surface area (Å²) in [6.07, 6.45) is 5.36. The summed E-state index contributed by atoms with van der Waals surface area (Å²) in [5, 5.41) is 10.9. The van der Waals surface area contributed by atoms with Gasteiger partial charge in [-0.1, -0.05) is 6.07 Å². The van der Waals surface area contributed by atoms with E-state index in [1.165, 1.54) is 18.3 Å². The van der Waals surface area contributed by atoms with Gasteiger partial charge in [-0.25, -0.2) is 13.8 Å². The van der Waals surface area contributed by atoms with E-state index in [1.807, 2.05) is 11.5 Å². The lowest BCUT2D eigenvalue weighted by molar-refractivity contribution is 0.102. The van der Waals surface area contributed by atoms with Gasteiger partial charge in [0.25, 0.3) is 5.91 Å². The van der Waals surface area contributed by atoms with Crippen molar-refractivity contribution in [2.75, 3.05) is 11.9 Å². The van der Waals surface area contributed by atoms with Crippen LogP contribution in [0.2, 0.25) is 0 Å². The minimum atomic E-state index is -0.708. The van der Waals surface area contributed by atoms with Crippen LogP contribution < -0.4 is 10.1 Å². The summed E-state index contributed by atoms with van der Waals surface area (Å²) in [6, 6.07) is 8.97. The van der Waals surface area contributed by atoms with Crippen molar-refractivity contribution in [2.24, 2.45) is 0 Å². The van der Waals surface area contributed by atoms with Crippen LogP contribution in [0.5, 0.6) is 5.75 Å². The van der Waals surface area contributed by atoms with Crippen LogP contribution in [-0.2, 0) is 0 Å². The monoisotopic (exact) mass is 462 g/mol. The highest BCUT2D eigenvalue weighted by molar-refractivity contribution is 6.06. The van der Waals surface area contributed by atoms with E-state index in [2.05, 4.69) is 25.5 Å². The summed E-state index contributed by atoms with van der Waals surface area (Å²) in [6.45, 7) is 2.29. The first-order chi connectivity index (χ1) is 16.5. The van der Waals surface area contributed by atoms with Crippen LogP contribution in [0.15, 0.2) is 55.1 Å². The molecule has 2 bridgehead atoms. The number of hydrogen-bond donors (Lipinski definition) is 1. The van der Waals surface area contributed by atoms with E-state index in [1.54, 1.807) is 24.5 Å². The number of rotatable bonds is 1. The lowest BCUT2D eigenvalue weighted by Crippen LogP contribution is -2.17. The number of anilines is 1. The molecule has 1 amide bonds. The summed E-state index contributed by atoms with van der Waals surface area (Å²) in [4.78, 5) is 21.4. The second kappa shape index (κ2) is 8.97. The van der Waals surface area contributed by atoms with E-state index in [4.69, 9.17) is 4.74 Å². The zero-order valence-corrected chi connectivity index (χ0v) is 18.2. The molecular formula is C24H20F2N6O2. The van der Waals surface area contributed by atoms with Crippen LogP contribution in [0.3, 0.4) is 0 Å². The van der Waals surface area contributed by atoms with E-state index in [0.29, 0.717) is 17.9 Å². The van der Waals surface area contributed by atoms with Crippen LogP contribution in [0.4, 0.5) is 14.6 Å². The summed E-state index contributed by atoms with van der Waals surface area (Å²) >= 11 is 0. The minimum absolute atomic E-state index is 0.00390. The van der Waals surface area contributed by atoms with E-state index in [9.17, 15) is 13.6 Å². The van der Waals surface area contributed by atoms with E-state index < -0.39 is 17.5 Å². The third-order valence-electron chi connectivity index (χ3n) is 5.67. The molecule has 0 radical (unpaired) electrons. The van der Waals surface area contributed by atoms with Crippen molar-refractivity contribution in [3.05, 3.63) is 72.3 Å². The summed E-state index contributed by atoms with van der Waals surface area (Å²) < 4.78 is 37.0. The molecule has 0 saturated heterocycles. The van der Waals surface area contributed by atoms with Gasteiger partial charge in [0.1, 0.15) is 35.2 Å². The number of hydrogen-bond acceptors (Lipinski definition) is 6. The lowest BCUT2D eigenvalue weighted by Gasteiger charge is -2.18. The number of pyridine rings is 2. The Kier molecular flexibility index (Phi) is 5.70. The fourth-order valence-corrected chi connectivity index (χ4v) is 3.91. The Bertz CT molecular complexity index is 1370. The summed E-state index contributed by atoms with van der Waals surface area (Å²) in [5.74, 6) is -1.05. The van der Waals surface area contributed by atoms with Crippen LogP contribution in [-0.4, -0.2) is 37.2 Å². The molecular weight excluding hydrogens is 442 g/mol. The van der Waals surface area contributed by atoms with Gasteiger partial charge in [0.15, 0.2) is 5.82 Å². The predicted octanol–water partition coefficient (Wildman–Crippen LogP) is 4.67. The number of amides is 1. The normalized spacial score (nSPS) is 16.0. The number of benzene rings is 1. The Labute approximate surface area is 193 Å². The van der Waals surface area contributed by atoms with Crippen molar-refractivity contribution >= 4 is 11.7 Å². The average Bonchev–Trinajstić information content (AvgIpc) is 3.32. The van der Waals surface area contributed by atoms with Crippen LogP contribution >= 0.6 is 0 Å². The molecule has 5 rings (SSSR count). The van der Waals surface area contributed by atoms with Crippen LogP contribution in [0.25, 0.3) is 22.6 Å². The third kappa shape index (κ3) is 4.09. The van der Waals surface area contributed by atoms with Gasteiger partial charge in [-0.05, 0) is 44.0 Å². The second-order valence-electron chi connectivity index (χ2n) is 7.95. The highest BCUT2D eigenvalue weighted by Gasteiger charge is 2.22. The number of carbonyl (C=O) groups excluding carboxylic acids is 1. The van der Waals surface area contributed by atoms with Crippen molar-refractivity contribution in [1.29, 1.82) is 0 Å². The van der Waals surface area contributed by atoms with Crippen molar-refractivity contribution in [1.82, 2.24) is 24.7 Å². The maximum absolute atomic E-state index is 15.0. The molecule has 10 heteroatoms. The first-order valence-electron chi connectivity index (χ1n) is 10.8. The Balaban J connectivity index is 1.59. The molecule has 1 unspecified atom stereocenters. The van der Waals surface area contributed by atoms with Gasteiger partial charge in [-0.3, -0.25) is 9.78 Å². The molecule has 4 aromatic rings. The van der Waals surface area contributed by atoms with Crippen molar-refractivity contribution < 1.29 is 18.3 Å². The Hall–Kier alpha value is -4.21. The number of nitrogens with one attached hydrogen (secondary N) is 1. The van der Waals surface area contributed by atoms with Crippen molar-refractivity contribution in [3.63, 3.8) is 0 Å². The average molecular weight is 462 g/mol. The SMILES string of the molecule is CC1CCCOc2cc(F)c(-c3ccncc3F)cc2C(=O)Nc2cccc(n2)-c2nncn21. The molecule has 0 saturated carbocycles. The molecule has 8 nitrogen and oxygen atoms in total. The van der Waals surface area contributed by atoms with E-state index >= 15 is 0 Å². The van der Waals surface area contributed by atoms with E-state index in [0.717, 1.165) is 18.7 Å². The molecule has 0 fully saturated rings. The van der Waals surface area contributed by atoms with Crippen LogP contribution in [0.1, 0.15) is 36.2 Å². The third-order valence-corrected chi connectivity index (χ3v) is 5.67. The highest BCUT2D eigenvalue weighted by atomic mass is 19.1. The molecule has 3 aromatic heterocycles. The zero-order valence-electron chi connectivity index (χ0n) is 18.2. The minimum Gasteiger partial charge on any atom is -0.493 e. The first-order valence-corrected chi connectivity index (χ1v) is 10.8. The van der Waals surface area contributed by atoms with Gasteiger partial charge in [0, 0.05) is 29.4 Å². The maximum Gasteiger partial charge on any atom is 0.260 e. The van der Waals surface area contributed by atoms with Gasteiger partial charge in [0.05, 0.1) is 18.4 Å². The van der Waals surface area contributed by atoms with Gasteiger partial charge >= 0.3 is 0 Å². The number of ether oxygens (including phenoxy) is 1. The van der Waals surface area contributed by atoms with Gasteiger partial charge < -0.3 is 14.6 Å². The Morgan fingerprint density at radius 3 is 2.85 bits per heavy atom. The number of halogens is 2. The molecule has 34 heavy (non-hydrogen) atoms. The van der Waals surface area contributed by atoms with Gasteiger partial charge in [-0.2, -0.15) is 0 Å². The molecule has 1 aliphatic heterocycles. The Morgan fingerprint density at radius 2 is 2.00 bits per heavy atom. The van der Waals surface area contributed by atoms with Gasteiger partial charge in [0.2, 0.25) is 0 Å². The standard InChI is InChI=1S/C24H20F2N6O2/c1-14-4-3-9-34-21-11-18(25)16(15-7-8-27-12-19(15)26)10-17(21)24(33)30-22-6-2-5-20(29-22)23-31-28-13-32(14)23/h2,5-8,10-14H,3-4,9H2,1H3,(H,29,30,33). The summed E-state index contributed by atoms with van der Waals surface area (Å²) in [5.41, 5.74) is 0.542. The molecule has 1 atom stereocenters. The molecule has 0 aliphatic carbocycles. The quantitative estimate of drug-likeness (QED) is 0.442. The number of aromatic nitrogens is 5. The fraction of sp³-hybridized carbons (Fsp3) is 0.208. The summed E-state index contributed by atoms with van der Waals surface area (Å²) in [7, 11) is 0. The van der Waals surface area contributed by atoms with E-state index in [-0.39, 0.29) is 40.9 Å². The largest absolute Gasteiger partial charge is 0.493 e. The number of carbonyl (C=O) groups is 1. The topological polar surface area (TPSA) is 94.8 Å². The predicted molar refractivity (Wildman–Crippen MR) is 120 cm³/mol. The molecule has 172 valence electrons. The first kappa shape index (κ1) is 21.6.